The van der Waals surface area contributed by atoms with E-state index in [1.54, 1.807) is 12.3 Å². The van der Waals surface area contributed by atoms with Crippen molar-refractivity contribution in [3.63, 3.8) is 0 Å². The number of nitrogens with zero attached hydrogens (tertiary/aromatic N) is 2. The highest BCUT2D eigenvalue weighted by molar-refractivity contribution is 7.07. The van der Waals surface area contributed by atoms with Crippen LogP contribution in [-0.4, -0.2) is 15.3 Å². The summed E-state index contributed by atoms with van der Waals surface area (Å²) in [6.07, 6.45) is 1.56. The van der Waals surface area contributed by atoms with Crippen molar-refractivity contribution in [1.82, 2.24) is 9.36 Å². The van der Waals surface area contributed by atoms with E-state index in [-0.39, 0.29) is 5.91 Å². The van der Waals surface area contributed by atoms with Crippen molar-refractivity contribution < 1.29 is 4.79 Å². The Kier molecular flexibility index (Phi) is 4.33. The number of hydrogen-bond acceptors (Lipinski definition) is 4. The van der Waals surface area contributed by atoms with Gasteiger partial charge in [-0.25, -0.2) is 4.98 Å². The lowest BCUT2D eigenvalue weighted by Gasteiger charge is -2.08. The van der Waals surface area contributed by atoms with E-state index in [1.807, 2.05) is 12.1 Å². The van der Waals surface area contributed by atoms with Gasteiger partial charge in [-0.3, -0.25) is 4.79 Å². The third-order valence-electron chi connectivity index (χ3n) is 3.50. The van der Waals surface area contributed by atoms with Gasteiger partial charge in [0.05, 0.1) is 10.5 Å². The zero-order valence-electron chi connectivity index (χ0n) is 13.1. The first-order valence-corrected chi connectivity index (χ1v) is 8.43. The number of aromatic nitrogens is 2. The van der Waals surface area contributed by atoms with Gasteiger partial charge in [0, 0.05) is 28.9 Å². The van der Waals surface area contributed by atoms with Crippen LogP contribution in [0.4, 0.5) is 5.82 Å². The van der Waals surface area contributed by atoms with E-state index in [9.17, 15) is 4.79 Å². The number of benzene rings is 1. The van der Waals surface area contributed by atoms with Crippen molar-refractivity contribution in [2.45, 2.75) is 26.7 Å². The number of carbonyl (C=O) groups is 1. The summed E-state index contributed by atoms with van der Waals surface area (Å²) in [7, 11) is 0. The Balaban J connectivity index is 2.12. The van der Waals surface area contributed by atoms with Crippen LogP contribution in [0.3, 0.4) is 0 Å². The Hall–Kier alpha value is -1.98. The summed E-state index contributed by atoms with van der Waals surface area (Å²) in [6.45, 7) is 5.77. The highest BCUT2D eigenvalue weighted by Crippen LogP contribution is 2.35. The monoisotopic (exact) mass is 345 g/mol. The summed E-state index contributed by atoms with van der Waals surface area (Å²) in [4.78, 5) is 16.6. The van der Waals surface area contributed by atoms with E-state index >= 15 is 0 Å². The lowest BCUT2D eigenvalue weighted by atomic mass is 10.0. The van der Waals surface area contributed by atoms with Gasteiger partial charge in [-0.05, 0) is 41.2 Å². The van der Waals surface area contributed by atoms with Crippen LogP contribution >= 0.6 is 23.1 Å². The summed E-state index contributed by atoms with van der Waals surface area (Å²) in [6, 6.07) is 7.89. The summed E-state index contributed by atoms with van der Waals surface area (Å²) in [5.41, 5.74) is 2.82. The van der Waals surface area contributed by atoms with Crippen molar-refractivity contribution in [1.29, 1.82) is 0 Å². The summed E-state index contributed by atoms with van der Waals surface area (Å²) in [5, 5.41) is 4.38. The van der Waals surface area contributed by atoms with E-state index in [1.165, 1.54) is 23.3 Å². The van der Waals surface area contributed by atoms with E-state index < -0.39 is 0 Å². The average Bonchev–Trinajstić information content (AvgIpc) is 2.92. The van der Waals surface area contributed by atoms with Gasteiger partial charge in [-0.1, -0.05) is 31.5 Å². The molecule has 0 fully saturated rings. The standard InChI is InChI=1S/C17H16ClN3OS/c1-9(2)17-13-6-11(4-5-15(13)21-23-17)12-7-16(20-10(3)22)19-8-14(12)18/h4-9H,1-3H3,(H,19,20,22). The fourth-order valence-corrected chi connectivity index (χ4v) is 3.49. The largest absolute Gasteiger partial charge is 0.311 e. The molecule has 0 atom stereocenters. The molecule has 1 amide bonds. The minimum atomic E-state index is -0.162. The van der Waals surface area contributed by atoms with Crippen molar-refractivity contribution >= 4 is 45.8 Å². The molecule has 2 aromatic heterocycles. The van der Waals surface area contributed by atoms with Gasteiger partial charge in [0.2, 0.25) is 5.91 Å². The fourth-order valence-electron chi connectivity index (χ4n) is 2.45. The topological polar surface area (TPSA) is 54.9 Å². The first-order valence-electron chi connectivity index (χ1n) is 7.28. The third-order valence-corrected chi connectivity index (χ3v) is 4.98. The molecule has 0 radical (unpaired) electrons. The Morgan fingerprint density at radius 1 is 1.30 bits per heavy atom. The quantitative estimate of drug-likeness (QED) is 0.719. The highest BCUT2D eigenvalue weighted by Gasteiger charge is 2.13. The first kappa shape index (κ1) is 15.9. The second kappa shape index (κ2) is 6.26. The highest BCUT2D eigenvalue weighted by atomic mass is 35.5. The second-order valence-electron chi connectivity index (χ2n) is 5.66. The molecule has 0 aliphatic rings. The van der Waals surface area contributed by atoms with Crippen LogP contribution in [0.1, 0.15) is 31.6 Å². The van der Waals surface area contributed by atoms with Crippen molar-refractivity contribution in [3.8, 4) is 11.1 Å². The minimum Gasteiger partial charge on any atom is -0.311 e. The van der Waals surface area contributed by atoms with E-state index in [4.69, 9.17) is 11.6 Å². The van der Waals surface area contributed by atoms with Crippen molar-refractivity contribution in [3.05, 3.63) is 40.4 Å². The van der Waals surface area contributed by atoms with Crippen molar-refractivity contribution in [2.75, 3.05) is 5.32 Å². The number of halogens is 1. The van der Waals surface area contributed by atoms with Crippen molar-refractivity contribution in [2.24, 2.45) is 0 Å². The predicted molar refractivity (Wildman–Crippen MR) is 96.3 cm³/mol. The molecule has 3 aromatic rings. The molecule has 6 heteroatoms. The van der Waals surface area contributed by atoms with Crippen LogP contribution in [0.5, 0.6) is 0 Å². The summed E-state index contributed by atoms with van der Waals surface area (Å²) >= 11 is 7.84. The number of anilines is 1. The molecule has 23 heavy (non-hydrogen) atoms. The van der Waals surface area contributed by atoms with Gasteiger partial charge in [0.15, 0.2) is 0 Å². The lowest BCUT2D eigenvalue weighted by molar-refractivity contribution is -0.114. The van der Waals surface area contributed by atoms with Crippen LogP contribution in [0, 0.1) is 0 Å². The molecule has 4 nitrogen and oxygen atoms in total. The van der Waals surface area contributed by atoms with Gasteiger partial charge in [-0.15, -0.1) is 0 Å². The number of hydrogen-bond donors (Lipinski definition) is 1. The number of rotatable bonds is 3. The maximum Gasteiger partial charge on any atom is 0.222 e. The van der Waals surface area contributed by atoms with Gasteiger partial charge >= 0.3 is 0 Å². The molecule has 0 spiro atoms. The summed E-state index contributed by atoms with van der Waals surface area (Å²) < 4.78 is 4.49. The van der Waals surface area contributed by atoms with Gasteiger partial charge < -0.3 is 5.32 Å². The first-order chi connectivity index (χ1) is 11.0. The smallest absolute Gasteiger partial charge is 0.222 e. The molecule has 0 aliphatic heterocycles. The lowest BCUT2D eigenvalue weighted by Crippen LogP contribution is -2.07. The Labute approximate surface area is 143 Å². The number of pyridine rings is 1. The Morgan fingerprint density at radius 3 is 2.78 bits per heavy atom. The van der Waals surface area contributed by atoms with E-state index in [2.05, 4.69) is 34.6 Å². The number of fused-ring (bicyclic) bond motifs is 1. The van der Waals surface area contributed by atoms with Gasteiger partial charge in [-0.2, -0.15) is 4.37 Å². The molecule has 0 bridgehead atoms. The van der Waals surface area contributed by atoms with Gasteiger partial charge in [0.1, 0.15) is 5.82 Å². The molecular weight excluding hydrogens is 330 g/mol. The minimum absolute atomic E-state index is 0.162. The Morgan fingerprint density at radius 2 is 2.09 bits per heavy atom. The average molecular weight is 346 g/mol. The maximum atomic E-state index is 11.2. The molecule has 0 aliphatic carbocycles. The molecule has 0 unspecified atom stereocenters. The van der Waals surface area contributed by atoms with E-state index in [0.29, 0.717) is 16.8 Å². The number of carbonyl (C=O) groups excluding carboxylic acids is 1. The molecule has 2 heterocycles. The molecule has 1 N–H and O–H groups in total. The molecule has 0 saturated heterocycles. The summed E-state index contributed by atoms with van der Waals surface area (Å²) in [5.74, 6) is 0.748. The van der Waals surface area contributed by atoms with Crippen LogP contribution in [0.25, 0.3) is 22.0 Å². The zero-order valence-corrected chi connectivity index (χ0v) is 14.6. The number of amides is 1. The second-order valence-corrected chi connectivity index (χ2v) is 6.88. The van der Waals surface area contributed by atoms with Crippen LogP contribution in [0.2, 0.25) is 5.02 Å². The fraction of sp³-hybridized carbons (Fsp3) is 0.235. The normalized spacial score (nSPS) is 11.2. The van der Waals surface area contributed by atoms with Crippen LogP contribution in [-0.2, 0) is 4.79 Å². The molecule has 0 saturated carbocycles. The Bertz CT molecular complexity index is 889. The molecule has 118 valence electrons. The van der Waals surface area contributed by atoms with E-state index in [0.717, 1.165) is 22.0 Å². The predicted octanol–water partition coefficient (Wildman–Crippen LogP) is 5.09. The molecular formula is C17H16ClN3OS. The molecule has 1 aromatic carbocycles. The zero-order chi connectivity index (χ0) is 16.6. The molecule has 3 rings (SSSR count). The SMILES string of the molecule is CC(=O)Nc1cc(-c2ccc3nsc(C(C)C)c3c2)c(Cl)cn1. The maximum absolute atomic E-state index is 11.2. The number of nitrogens with one attached hydrogen (secondary N) is 1. The van der Waals surface area contributed by atoms with Crippen LogP contribution < -0.4 is 5.32 Å². The van der Waals surface area contributed by atoms with Crippen LogP contribution in [0.15, 0.2) is 30.5 Å². The third kappa shape index (κ3) is 3.21. The van der Waals surface area contributed by atoms with Gasteiger partial charge in [0.25, 0.3) is 0 Å².